The molecular formula is C9H16N2OS. The molecule has 13 heavy (non-hydrogen) atoms. The fourth-order valence-electron chi connectivity index (χ4n) is 0.861. The van der Waals surface area contributed by atoms with Gasteiger partial charge in [-0.2, -0.15) is 11.8 Å². The maximum atomic E-state index is 11.3. The molecule has 0 aromatic heterocycles. The Morgan fingerprint density at radius 3 is 2.85 bits per heavy atom. The molecule has 1 amide bonds. The molecule has 0 aliphatic rings. The van der Waals surface area contributed by atoms with Crippen molar-refractivity contribution in [2.45, 2.75) is 25.4 Å². The van der Waals surface area contributed by atoms with Gasteiger partial charge in [0.05, 0.1) is 6.04 Å². The fourth-order valence-corrected chi connectivity index (χ4v) is 1.44. The lowest BCUT2D eigenvalue weighted by atomic mass is 10.2. The average Bonchev–Trinajstić information content (AvgIpc) is 2.05. The normalized spacial score (nSPS) is 14.3. The summed E-state index contributed by atoms with van der Waals surface area (Å²) in [6.45, 7) is 1.94. The largest absolute Gasteiger partial charge is 0.351 e. The first-order chi connectivity index (χ1) is 6.11. The average molecular weight is 200 g/mol. The molecule has 74 valence electrons. The first-order valence-corrected chi connectivity index (χ1v) is 5.49. The van der Waals surface area contributed by atoms with Crippen molar-refractivity contribution in [2.75, 3.05) is 12.0 Å². The van der Waals surface area contributed by atoms with E-state index in [0.29, 0.717) is 0 Å². The summed E-state index contributed by atoms with van der Waals surface area (Å²) >= 11 is 1.68. The third-order valence-corrected chi connectivity index (χ3v) is 2.31. The zero-order valence-corrected chi connectivity index (χ0v) is 8.86. The fraction of sp³-hybridized carbons (Fsp3) is 0.667. The number of nitrogens with one attached hydrogen (secondary N) is 1. The van der Waals surface area contributed by atoms with Crippen LogP contribution in [0.3, 0.4) is 0 Å². The van der Waals surface area contributed by atoms with Crippen LogP contribution in [0.4, 0.5) is 0 Å². The highest BCUT2D eigenvalue weighted by Gasteiger charge is 2.13. The van der Waals surface area contributed by atoms with E-state index in [1.165, 1.54) is 0 Å². The summed E-state index contributed by atoms with van der Waals surface area (Å²) < 4.78 is 0. The van der Waals surface area contributed by atoms with Crippen LogP contribution in [-0.2, 0) is 4.79 Å². The molecule has 0 spiro atoms. The zero-order chi connectivity index (χ0) is 10.3. The van der Waals surface area contributed by atoms with Crippen molar-refractivity contribution in [1.82, 2.24) is 5.32 Å². The SMILES string of the molecule is C#CCC(N)C(=O)NC(C)CSC. The van der Waals surface area contributed by atoms with E-state index in [-0.39, 0.29) is 18.4 Å². The lowest BCUT2D eigenvalue weighted by Crippen LogP contribution is -2.45. The summed E-state index contributed by atoms with van der Waals surface area (Å²) in [5.74, 6) is 3.08. The summed E-state index contributed by atoms with van der Waals surface area (Å²) in [5.41, 5.74) is 5.51. The second-order valence-corrected chi connectivity index (χ2v) is 3.79. The number of hydrogen-bond acceptors (Lipinski definition) is 3. The number of thioether (sulfide) groups is 1. The van der Waals surface area contributed by atoms with Gasteiger partial charge in [0.15, 0.2) is 0 Å². The summed E-state index contributed by atoms with van der Waals surface area (Å²) in [6.07, 6.45) is 7.32. The Hall–Kier alpha value is -0.660. The predicted molar refractivity (Wildman–Crippen MR) is 57.4 cm³/mol. The Kier molecular flexibility index (Phi) is 6.47. The molecule has 0 aromatic carbocycles. The molecule has 0 aliphatic heterocycles. The van der Waals surface area contributed by atoms with Crippen molar-refractivity contribution >= 4 is 17.7 Å². The Morgan fingerprint density at radius 1 is 1.77 bits per heavy atom. The maximum Gasteiger partial charge on any atom is 0.238 e. The van der Waals surface area contributed by atoms with Crippen LogP contribution >= 0.6 is 11.8 Å². The highest BCUT2D eigenvalue weighted by Crippen LogP contribution is 1.96. The lowest BCUT2D eigenvalue weighted by molar-refractivity contribution is -0.122. The minimum Gasteiger partial charge on any atom is -0.351 e. The van der Waals surface area contributed by atoms with E-state index in [0.717, 1.165) is 5.75 Å². The van der Waals surface area contributed by atoms with Gasteiger partial charge in [-0.1, -0.05) is 0 Å². The second kappa shape index (κ2) is 6.81. The summed E-state index contributed by atoms with van der Waals surface area (Å²) in [7, 11) is 0. The van der Waals surface area contributed by atoms with Gasteiger partial charge in [-0.15, -0.1) is 12.3 Å². The molecule has 3 nitrogen and oxygen atoms in total. The third-order valence-electron chi connectivity index (χ3n) is 1.48. The molecule has 2 unspecified atom stereocenters. The number of carbonyl (C=O) groups excluding carboxylic acids is 1. The molecule has 0 rings (SSSR count). The third kappa shape index (κ3) is 5.56. The van der Waals surface area contributed by atoms with Crippen molar-refractivity contribution in [3.63, 3.8) is 0 Å². The summed E-state index contributed by atoms with van der Waals surface area (Å²) in [6, 6.07) is -0.430. The van der Waals surface area contributed by atoms with E-state index in [1.807, 2.05) is 13.2 Å². The molecule has 3 N–H and O–H groups in total. The molecule has 0 aliphatic carbocycles. The number of amides is 1. The summed E-state index contributed by atoms with van der Waals surface area (Å²) in [5, 5.41) is 2.79. The molecule has 0 saturated carbocycles. The Morgan fingerprint density at radius 2 is 2.38 bits per heavy atom. The van der Waals surface area contributed by atoms with Crippen molar-refractivity contribution < 1.29 is 4.79 Å². The van der Waals surface area contributed by atoms with Crippen molar-refractivity contribution in [3.8, 4) is 12.3 Å². The van der Waals surface area contributed by atoms with Gasteiger partial charge in [-0.05, 0) is 13.2 Å². The second-order valence-electron chi connectivity index (χ2n) is 2.88. The van der Waals surface area contributed by atoms with Gasteiger partial charge in [0.25, 0.3) is 0 Å². The van der Waals surface area contributed by atoms with Gasteiger partial charge in [-0.25, -0.2) is 0 Å². The molecule has 0 heterocycles. The molecule has 0 saturated heterocycles. The van der Waals surface area contributed by atoms with Gasteiger partial charge in [0.2, 0.25) is 5.91 Å². The van der Waals surface area contributed by atoms with E-state index in [1.54, 1.807) is 11.8 Å². The first-order valence-electron chi connectivity index (χ1n) is 4.10. The van der Waals surface area contributed by atoms with Crippen LogP contribution in [0.25, 0.3) is 0 Å². The van der Waals surface area contributed by atoms with Crippen LogP contribution in [-0.4, -0.2) is 30.0 Å². The van der Waals surface area contributed by atoms with Gasteiger partial charge in [0.1, 0.15) is 0 Å². The molecule has 0 fully saturated rings. The van der Waals surface area contributed by atoms with Crippen LogP contribution in [0.1, 0.15) is 13.3 Å². The van der Waals surface area contributed by atoms with E-state index in [9.17, 15) is 4.79 Å². The highest BCUT2D eigenvalue weighted by atomic mass is 32.2. The smallest absolute Gasteiger partial charge is 0.238 e. The standard InChI is InChI=1S/C9H16N2OS/c1-4-5-8(10)9(12)11-7(2)6-13-3/h1,7-8H,5-6,10H2,2-3H3,(H,11,12). The monoisotopic (exact) mass is 200 g/mol. The molecule has 2 atom stereocenters. The molecule has 0 radical (unpaired) electrons. The minimum absolute atomic E-state index is 0.145. The van der Waals surface area contributed by atoms with Gasteiger partial charge >= 0.3 is 0 Å². The Labute approximate surface area is 83.8 Å². The van der Waals surface area contributed by atoms with Crippen molar-refractivity contribution in [3.05, 3.63) is 0 Å². The van der Waals surface area contributed by atoms with Crippen LogP contribution in [0, 0.1) is 12.3 Å². The Bertz CT molecular complexity index is 200. The quantitative estimate of drug-likeness (QED) is 0.624. The van der Waals surface area contributed by atoms with E-state index in [4.69, 9.17) is 12.2 Å². The van der Waals surface area contributed by atoms with Gasteiger partial charge in [-0.3, -0.25) is 4.79 Å². The van der Waals surface area contributed by atoms with Gasteiger partial charge < -0.3 is 11.1 Å². The lowest BCUT2D eigenvalue weighted by Gasteiger charge is -2.15. The topological polar surface area (TPSA) is 55.1 Å². The highest BCUT2D eigenvalue weighted by molar-refractivity contribution is 7.98. The number of nitrogens with two attached hydrogens (primary N) is 1. The maximum absolute atomic E-state index is 11.3. The molecular weight excluding hydrogens is 184 g/mol. The van der Waals surface area contributed by atoms with Crippen molar-refractivity contribution in [1.29, 1.82) is 0 Å². The predicted octanol–water partition coefficient (Wildman–Crippen LogP) is 0.205. The number of terminal acetylenes is 1. The number of carbonyl (C=O) groups is 1. The minimum atomic E-state index is -0.575. The first kappa shape index (κ1) is 12.3. The Balaban J connectivity index is 3.79. The van der Waals surface area contributed by atoms with Crippen LogP contribution in [0.5, 0.6) is 0 Å². The number of rotatable bonds is 5. The van der Waals surface area contributed by atoms with Gasteiger partial charge in [0, 0.05) is 18.2 Å². The molecule has 0 bridgehead atoms. The van der Waals surface area contributed by atoms with E-state index in [2.05, 4.69) is 11.2 Å². The van der Waals surface area contributed by atoms with Crippen LogP contribution in [0.15, 0.2) is 0 Å². The van der Waals surface area contributed by atoms with Crippen LogP contribution < -0.4 is 11.1 Å². The molecule has 4 heteroatoms. The number of hydrogen-bond donors (Lipinski definition) is 2. The summed E-state index contributed by atoms with van der Waals surface area (Å²) in [4.78, 5) is 11.3. The van der Waals surface area contributed by atoms with Crippen molar-refractivity contribution in [2.24, 2.45) is 5.73 Å². The van der Waals surface area contributed by atoms with E-state index >= 15 is 0 Å². The van der Waals surface area contributed by atoms with E-state index < -0.39 is 6.04 Å². The molecule has 0 aromatic rings. The zero-order valence-electron chi connectivity index (χ0n) is 8.04. The van der Waals surface area contributed by atoms with Crippen LogP contribution in [0.2, 0.25) is 0 Å².